The maximum atomic E-state index is 9.81. The lowest BCUT2D eigenvalue weighted by molar-refractivity contribution is -0.572. The number of hydrogen-bond donors (Lipinski definition) is 2. The Labute approximate surface area is 139 Å². The number of rotatable bonds is 4. The van der Waals surface area contributed by atoms with Gasteiger partial charge >= 0.3 is 0 Å². The Morgan fingerprint density at radius 1 is 1.42 bits per heavy atom. The molecule has 0 aromatic carbocycles. The lowest BCUT2D eigenvalue weighted by atomic mass is 9.95. The first-order valence-corrected chi connectivity index (χ1v) is 8.26. The van der Waals surface area contributed by atoms with Crippen LogP contribution < -0.4 is 0 Å². The minimum absolute atomic E-state index is 0.0111. The number of aliphatic hydroxyl groups excluding tert-OH is 1. The highest BCUT2D eigenvalue weighted by atomic mass is 16.3. The molecule has 3 heterocycles. The van der Waals surface area contributed by atoms with Crippen LogP contribution in [-0.2, 0) is 0 Å². The summed E-state index contributed by atoms with van der Waals surface area (Å²) >= 11 is 0. The SMILES string of the molecule is N#CCC([C@H]1CC[C@H](O)C1)[N+]1=CC(c2ncnc3[nH]ccc23)C=N1. The zero-order valence-corrected chi connectivity index (χ0v) is 13.2. The van der Waals surface area contributed by atoms with E-state index in [0.717, 1.165) is 36.0 Å². The molecule has 7 heteroatoms. The summed E-state index contributed by atoms with van der Waals surface area (Å²) in [5.41, 5.74) is 1.72. The summed E-state index contributed by atoms with van der Waals surface area (Å²) in [5, 5.41) is 24.5. The summed E-state index contributed by atoms with van der Waals surface area (Å²) in [6.45, 7) is 0. The second-order valence-electron chi connectivity index (χ2n) is 6.47. The minimum Gasteiger partial charge on any atom is -0.393 e. The van der Waals surface area contributed by atoms with Crippen molar-refractivity contribution in [2.75, 3.05) is 0 Å². The molecule has 0 amide bonds. The van der Waals surface area contributed by atoms with Gasteiger partial charge in [0.1, 0.15) is 17.9 Å². The van der Waals surface area contributed by atoms with Gasteiger partial charge in [-0.3, -0.25) is 0 Å². The maximum Gasteiger partial charge on any atom is 0.199 e. The molecule has 0 spiro atoms. The predicted octanol–water partition coefficient (Wildman–Crippen LogP) is 1.57. The molecule has 0 saturated heterocycles. The van der Waals surface area contributed by atoms with Gasteiger partial charge in [-0.15, -0.1) is 0 Å². The molecule has 24 heavy (non-hydrogen) atoms. The average Bonchev–Trinajstić information content (AvgIpc) is 3.32. The summed E-state index contributed by atoms with van der Waals surface area (Å²) < 4.78 is 1.90. The van der Waals surface area contributed by atoms with Crippen molar-refractivity contribution in [3.05, 3.63) is 24.3 Å². The topological polar surface area (TPSA) is 101 Å². The molecule has 2 aromatic rings. The monoisotopic (exact) mass is 323 g/mol. The van der Waals surface area contributed by atoms with E-state index in [0.29, 0.717) is 12.3 Å². The normalized spacial score (nSPS) is 27.3. The molecular formula is C17H19N6O+. The van der Waals surface area contributed by atoms with Gasteiger partial charge in [0.05, 0.1) is 30.5 Å². The van der Waals surface area contributed by atoms with Crippen LogP contribution >= 0.6 is 0 Å². The molecular weight excluding hydrogens is 304 g/mol. The van der Waals surface area contributed by atoms with E-state index in [1.54, 1.807) is 6.33 Å². The Hall–Kier alpha value is -2.59. The quantitative estimate of drug-likeness (QED) is 0.834. The fourth-order valence-corrected chi connectivity index (χ4v) is 3.80. The second-order valence-corrected chi connectivity index (χ2v) is 6.47. The first-order chi connectivity index (χ1) is 11.8. The summed E-state index contributed by atoms with van der Waals surface area (Å²) in [7, 11) is 0. The second kappa shape index (κ2) is 6.13. The minimum atomic E-state index is -0.250. The summed E-state index contributed by atoms with van der Waals surface area (Å²) in [6, 6.07) is 4.25. The number of hydrogen-bond acceptors (Lipinski definition) is 5. The van der Waals surface area contributed by atoms with Crippen molar-refractivity contribution in [3.63, 3.8) is 0 Å². The molecule has 2 aliphatic rings. The van der Waals surface area contributed by atoms with Crippen LogP contribution in [0.1, 0.15) is 37.3 Å². The average molecular weight is 323 g/mol. The number of aromatic nitrogens is 3. The molecule has 122 valence electrons. The van der Waals surface area contributed by atoms with Crippen LogP contribution in [0, 0.1) is 17.2 Å². The molecule has 0 radical (unpaired) electrons. The van der Waals surface area contributed by atoms with Gasteiger partial charge in [0.2, 0.25) is 0 Å². The third-order valence-corrected chi connectivity index (χ3v) is 5.00. The Morgan fingerprint density at radius 3 is 3.12 bits per heavy atom. The van der Waals surface area contributed by atoms with Crippen molar-refractivity contribution >= 4 is 23.5 Å². The molecule has 1 fully saturated rings. The van der Waals surface area contributed by atoms with Crippen LogP contribution in [0.5, 0.6) is 0 Å². The van der Waals surface area contributed by atoms with E-state index in [1.807, 2.05) is 29.4 Å². The van der Waals surface area contributed by atoms with Gasteiger partial charge in [-0.25, -0.2) is 9.97 Å². The molecule has 4 atom stereocenters. The fourth-order valence-electron chi connectivity index (χ4n) is 3.80. The van der Waals surface area contributed by atoms with Crippen LogP contribution in [0.25, 0.3) is 11.0 Å². The highest BCUT2D eigenvalue weighted by molar-refractivity contribution is 5.94. The number of H-pyrrole nitrogens is 1. The van der Waals surface area contributed by atoms with Crippen LogP contribution in [-0.4, -0.2) is 49.3 Å². The molecule has 2 unspecified atom stereocenters. The van der Waals surface area contributed by atoms with Crippen molar-refractivity contribution in [1.82, 2.24) is 15.0 Å². The highest BCUT2D eigenvalue weighted by Gasteiger charge is 2.39. The van der Waals surface area contributed by atoms with Gasteiger partial charge in [0.15, 0.2) is 12.3 Å². The summed E-state index contributed by atoms with van der Waals surface area (Å²) in [4.78, 5) is 11.7. The highest BCUT2D eigenvalue weighted by Crippen LogP contribution is 2.32. The van der Waals surface area contributed by atoms with Crippen molar-refractivity contribution in [1.29, 1.82) is 5.26 Å². The van der Waals surface area contributed by atoms with Gasteiger partial charge in [-0.05, 0) is 30.4 Å². The van der Waals surface area contributed by atoms with E-state index in [2.05, 4.69) is 26.1 Å². The van der Waals surface area contributed by atoms with E-state index in [1.165, 1.54) is 0 Å². The maximum absolute atomic E-state index is 9.81. The van der Waals surface area contributed by atoms with Crippen molar-refractivity contribution in [3.8, 4) is 6.07 Å². The number of aliphatic hydroxyl groups is 1. The van der Waals surface area contributed by atoms with Gasteiger partial charge in [-0.1, -0.05) is 4.68 Å². The largest absolute Gasteiger partial charge is 0.393 e. The predicted molar refractivity (Wildman–Crippen MR) is 88.8 cm³/mol. The Morgan fingerprint density at radius 2 is 2.33 bits per heavy atom. The van der Waals surface area contributed by atoms with Crippen LogP contribution in [0.4, 0.5) is 0 Å². The van der Waals surface area contributed by atoms with Crippen molar-refractivity contribution < 1.29 is 9.79 Å². The van der Waals surface area contributed by atoms with E-state index >= 15 is 0 Å². The van der Waals surface area contributed by atoms with Crippen LogP contribution in [0.15, 0.2) is 23.7 Å². The summed E-state index contributed by atoms with van der Waals surface area (Å²) in [5.74, 6) is 0.267. The Balaban J connectivity index is 1.63. The van der Waals surface area contributed by atoms with E-state index in [-0.39, 0.29) is 18.1 Å². The van der Waals surface area contributed by atoms with Gasteiger partial charge in [-0.2, -0.15) is 5.26 Å². The molecule has 0 bridgehead atoms. The lowest BCUT2D eigenvalue weighted by Crippen LogP contribution is -2.29. The number of nitrogens with one attached hydrogen (secondary N) is 1. The zero-order valence-electron chi connectivity index (χ0n) is 13.2. The summed E-state index contributed by atoms with van der Waals surface area (Å²) in [6.07, 6.45) is 9.94. The molecule has 4 rings (SSSR count). The standard InChI is InChI=1S/C17H19N6O/c18-5-3-15(11-1-2-13(24)7-11)23-9-12(8-22-23)16-14-4-6-19-17(14)21-10-20-16/h4,6,8-13,15,24H,1-3,7H2,(H,19,20,21)/q+1/t11-,12?,13-,15?/m0/s1. The number of fused-ring (bicyclic) bond motifs is 1. The third-order valence-electron chi connectivity index (χ3n) is 5.00. The third kappa shape index (κ3) is 2.59. The molecule has 7 nitrogen and oxygen atoms in total. The van der Waals surface area contributed by atoms with Gasteiger partial charge < -0.3 is 10.1 Å². The number of nitrogens with zero attached hydrogens (tertiary/aromatic N) is 5. The first kappa shape index (κ1) is 15.0. The Kier molecular flexibility index (Phi) is 3.82. The zero-order chi connectivity index (χ0) is 16.5. The smallest absolute Gasteiger partial charge is 0.199 e. The number of aromatic amines is 1. The lowest BCUT2D eigenvalue weighted by Gasteiger charge is -2.14. The van der Waals surface area contributed by atoms with Crippen molar-refractivity contribution in [2.24, 2.45) is 11.0 Å². The fraction of sp³-hybridized carbons (Fsp3) is 0.471. The van der Waals surface area contributed by atoms with Crippen molar-refractivity contribution in [2.45, 2.75) is 43.7 Å². The van der Waals surface area contributed by atoms with Gasteiger partial charge in [0, 0.05) is 17.5 Å². The molecule has 2 aromatic heterocycles. The van der Waals surface area contributed by atoms with Crippen LogP contribution in [0.2, 0.25) is 0 Å². The molecule has 1 saturated carbocycles. The van der Waals surface area contributed by atoms with E-state index in [4.69, 9.17) is 0 Å². The number of nitriles is 1. The first-order valence-electron chi connectivity index (χ1n) is 8.26. The van der Waals surface area contributed by atoms with Crippen LogP contribution in [0.3, 0.4) is 0 Å². The van der Waals surface area contributed by atoms with E-state index < -0.39 is 0 Å². The molecule has 1 aliphatic carbocycles. The Bertz CT molecular complexity index is 848. The number of hydrazone groups is 1. The molecule has 2 N–H and O–H groups in total. The van der Waals surface area contributed by atoms with Gasteiger partial charge in [0.25, 0.3) is 0 Å². The molecule has 1 aliphatic heterocycles. The van der Waals surface area contributed by atoms with E-state index in [9.17, 15) is 10.4 Å².